The van der Waals surface area contributed by atoms with Crippen molar-refractivity contribution in [2.75, 3.05) is 0 Å². The van der Waals surface area contributed by atoms with Crippen LogP contribution in [0.4, 0.5) is 0 Å². The summed E-state index contributed by atoms with van der Waals surface area (Å²) in [5.41, 5.74) is 3.49. The molecule has 3 heterocycles. The lowest BCUT2D eigenvalue weighted by molar-refractivity contribution is 0.762. The molecule has 19 heavy (non-hydrogen) atoms. The summed E-state index contributed by atoms with van der Waals surface area (Å²) in [6.45, 7) is 7.52. The van der Waals surface area contributed by atoms with Crippen molar-refractivity contribution in [1.29, 1.82) is 0 Å². The normalized spacial score (nSPS) is 11.6. The molecule has 0 aliphatic carbocycles. The van der Waals surface area contributed by atoms with Crippen molar-refractivity contribution in [2.24, 2.45) is 0 Å². The third kappa shape index (κ3) is 2.16. The second-order valence-corrected chi connectivity index (χ2v) is 6.02. The summed E-state index contributed by atoms with van der Waals surface area (Å²) in [5, 5.41) is 0. The van der Waals surface area contributed by atoms with Crippen LogP contribution < -0.4 is 0 Å². The van der Waals surface area contributed by atoms with E-state index < -0.39 is 0 Å². The zero-order valence-corrected chi connectivity index (χ0v) is 12.2. The SMILES string of the molecule is CCn1cnc(-c2cc3nccc(C(C)C)c3s2)c1. The Bertz CT molecular complexity index is 709. The van der Waals surface area contributed by atoms with Crippen LogP contribution in [-0.4, -0.2) is 14.5 Å². The number of nitrogens with zero attached hydrogens (tertiary/aromatic N) is 3. The number of hydrogen-bond acceptors (Lipinski definition) is 3. The molecule has 0 atom stereocenters. The van der Waals surface area contributed by atoms with E-state index in [2.05, 4.69) is 53.6 Å². The molecule has 0 spiro atoms. The molecule has 0 aliphatic rings. The van der Waals surface area contributed by atoms with Crippen molar-refractivity contribution >= 4 is 21.6 Å². The van der Waals surface area contributed by atoms with Crippen LogP contribution in [0.1, 0.15) is 32.3 Å². The Morgan fingerprint density at radius 2 is 2.16 bits per heavy atom. The quantitative estimate of drug-likeness (QED) is 0.711. The standard InChI is InChI=1S/C15H17N3S/c1-4-18-8-13(17-9-18)14-7-12-15(19-14)11(10(2)3)5-6-16-12/h5-10H,4H2,1-3H3. The minimum Gasteiger partial charge on any atom is -0.337 e. The van der Waals surface area contributed by atoms with Gasteiger partial charge in [0.1, 0.15) is 0 Å². The summed E-state index contributed by atoms with van der Waals surface area (Å²) in [5.74, 6) is 0.519. The van der Waals surface area contributed by atoms with Crippen molar-refractivity contribution in [3.63, 3.8) is 0 Å². The third-order valence-electron chi connectivity index (χ3n) is 3.32. The highest BCUT2D eigenvalue weighted by molar-refractivity contribution is 7.22. The molecule has 0 saturated heterocycles. The molecule has 3 aromatic heterocycles. The van der Waals surface area contributed by atoms with E-state index in [4.69, 9.17) is 0 Å². The van der Waals surface area contributed by atoms with E-state index in [1.165, 1.54) is 15.1 Å². The molecule has 0 N–H and O–H groups in total. The molecule has 0 saturated carbocycles. The lowest BCUT2D eigenvalue weighted by Gasteiger charge is -2.04. The van der Waals surface area contributed by atoms with Crippen molar-refractivity contribution in [3.8, 4) is 10.6 Å². The van der Waals surface area contributed by atoms with E-state index in [1.807, 2.05) is 12.5 Å². The van der Waals surface area contributed by atoms with Crippen LogP contribution in [-0.2, 0) is 6.54 Å². The number of rotatable bonds is 3. The summed E-state index contributed by atoms with van der Waals surface area (Å²) in [4.78, 5) is 10.1. The highest BCUT2D eigenvalue weighted by Crippen LogP contribution is 2.35. The molecular weight excluding hydrogens is 254 g/mol. The topological polar surface area (TPSA) is 30.7 Å². The largest absolute Gasteiger partial charge is 0.337 e. The van der Waals surface area contributed by atoms with Gasteiger partial charge in [-0.25, -0.2) is 4.98 Å². The van der Waals surface area contributed by atoms with E-state index >= 15 is 0 Å². The minimum atomic E-state index is 0.519. The molecule has 0 aliphatic heterocycles. The molecule has 4 heteroatoms. The Morgan fingerprint density at radius 3 is 2.84 bits per heavy atom. The van der Waals surface area contributed by atoms with Crippen molar-refractivity contribution in [2.45, 2.75) is 33.2 Å². The first-order valence-electron chi connectivity index (χ1n) is 6.59. The molecule has 0 aromatic carbocycles. The monoisotopic (exact) mass is 271 g/mol. The summed E-state index contributed by atoms with van der Waals surface area (Å²) in [6.07, 6.45) is 5.88. The second kappa shape index (κ2) is 4.78. The van der Waals surface area contributed by atoms with Gasteiger partial charge in [0, 0.05) is 18.9 Å². The first-order valence-corrected chi connectivity index (χ1v) is 7.41. The summed E-state index contributed by atoms with van der Waals surface area (Å²) >= 11 is 1.79. The molecule has 0 unspecified atom stereocenters. The van der Waals surface area contributed by atoms with Gasteiger partial charge in [-0.3, -0.25) is 4.98 Å². The van der Waals surface area contributed by atoms with Crippen molar-refractivity contribution in [3.05, 3.63) is 36.4 Å². The molecule has 3 nitrogen and oxygen atoms in total. The van der Waals surface area contributed by atoms with E-state index in [1.54, 1.807) is 11.3 Å². The molecule has 0 bridgehead atoms. The van der Waals surface area contributed by atoms with Gasteiger partial charge in [0.2, 0.25) is 0 Å². The number of fused-ring (bicyclic) bond motifs is 1. The Morgan fingerprint density at radius 1 is 1.32 bits per heavy atom. The minimum absolute atomic E-state index is 0.519. The van der Waals surface area contributed by atoms with Crippen LogP contribution in [0.15, 0.2) is 30.9 Å². The Labute approximate surface area is 116 Å². The van der Waals surface area contributed by atoms with Crippen LogP contribution in [0, 0.1) is 0 Å². The first kappa shape index (κ1) is 12.4. The zero-order valence-electron chi connectivity index (χ0n) is 11.4. The number of aryl methyl sites for hydroxylation is 1. The maximum Gasteiger partial charge on any atom is 0.0982 e. The molecule has 0 radical (unpaired) electrons. The second-order valence-electron chi connectivity index (χ2n) is 4.97. The molecule has 98 valence electrons. The summed E-state index contributed by atoms with van der Waals surface area (Å²) in [6, 6.07) is 4.27. The van der Waals surface area contributed by atoms with Gasteiger partial charge in [0.25, 0.3) is 0 Å². The van der Waals surface area contributed by atoms with Crippen LogP contribution >= 0.6 is 11.3 Å². The average Bonchev–Trinajstić information content (AvgIpc) is 3.03. The zero-order chi connectivity index (χ0) is 13.4. The fourth-order valence-electron chi connectivity index (χ4n) is 2.20. The van der Waals surface area contributed by atoms with Crippen molar-refractivity contribution < 1.29 is 0 Å². The summed E-state index contributed by atoms with van der Waals surface area (Å²) in [7, 11) is 0. The smallest absolute Gasteiger partial charge is 0.0982 e. The van der Waals surface area contributed by atoms with Gasteiger partial charge >= 0.3 is 0 Å². The molecule has 3 aromatic rings. The van der Waals surface area contributed by atoms with E-state index in [-0.39, 0.29) is 0 Å². The van der Waals surface area contributed by atoms with E-state index in [0.29, 0.717) is 5.92 Å². The Balaban J connectivity index is 2.13. The average molecular weight is 271 g/mol. The lowest BCUT2D eigenvalue weighted by atomic mass is 10.0. The van der Waals surface area contributed by atoms with E-state index in [9.17, 15) is 0 Å². The van der Waals surface area contributed by atoms with E-state index in [0.717, 1.165) is 17.8 Å². The number of imidazole rings is 1. The molecule has 0 amide bonds. The maximum absolute atomic E-state index is 4.47. The number of hydrogen-bond donors (Lipinski definition) is 0. The molecule has 3 rings (SSSR count). The number of aromatic nitrogens is 3. The lowest BCUT2D eigenvalue weighted by Crippen LogP contribution is -1.87. The highest BCUT2D eigenvalue weighted by atomic mass is 32.1. The highest BCUT2D eigenvalue weighted by Gasteiger charge is 2.12. The van der Waals surface area contributed by atoms with Gasteiger partial charge in [-0.15, -0.1) is 11.3 Å². The van der Waals surface area contributed by atoms with Crippen LogP contribution in [0.5, 0.6) is 0 Å². The molecule has 0 fully saturated rings. The molecular formula is C15H17N3S. The fraction of sp³-hybridized carbons (Fsp3) is 0.333. The summed E-state index contributed by atoms with van der Waals surface area (Å²) < 4.78 is 3.38. The van der Waals surface area contributed by atoms with Gasteiger partial charge in [0.05, 0.1) is 27.1 Å². The first-order chi connectivity index (χ1) is 9.19. The van der Waals surface area contributed by atoms with Crippen LogP contribution in [0.2, 0.25) is 0 Å². The van der Waals surface area contributed by atoms with Gasteiger partial charge in [-0.05, 0) is 30.5 Å². The fourth-order valence-corrected chi connectivity index (χ4v) is 3.44. The predicted octanol–water partition coefficient (Wildman–Crippen LogP) is 4.30. The van der Waals surface area contributed by atoms with Gasteiger partial charge in [0.15, 0.2) is 0 Å². The van der Waals surface area contributed by atoms with Gasteiger partial charge < -0.3 is 4.57 Å². The van der Waals surface area contributed by atoms with Crippen LogP contribution in [0.25, 0.3) is 20.8 Å². The Hall–Kier alpha value is -1.68. The third-order valence-corrected chi connectivity index (χ3v) is 4.51. The predicted molar refractivity (Wildman–Crippen MR) is 80.6 cm³/mol. The Kier molecular flexibility index (Phi) is 3.11. The maximum atomic E-state index is 4.47. The number of pyridine rings is 1. The number of thiophene rings is 1. The van der Waals surface area contributed by atoms with Crippen LogP contribution in [0.3, 0.4) is 0 Å². The van der Waals surface area contributed by atoms with Gasteiger partial charge in [-0.1, -0.05) is 13.8 Å². The van der Waals surface area contributed by atoms with Crippen molar-refractivity contribution in [1.82, 2.24) is 14.5 Å². The van der Waals surface area contributed by atoms with Gasteiger partial charge in [-0.2, -0.15) is 0 Å².